The van der Waals surface area contributed by atoms with E-state index in [1.54, 1.807) is 0 Å². The Morgan fingerprint density at radius 1 is 1.57 bits per heavy atom. The maximum absolute atomic E-state index is 8.85. The van der Waals surface area contributed by atoms with Crippen LogP contribution in [0.1, 0.15) is 26.7 Å². The first-order valence-electron chi connectivity index (χ1n) is 5.22. The highest BCUT2D eigenvalue weighted by Crippen LogP contribution is 2.16. The minimum absolute atomic E-state index is 0.229. The Hall–Kier alpha value is -0.610. The average Bonchev–Trinajstić information content (AvgIpc) is 2.53. The molecule has 14 heavy (non-hydrogen) atoms. The van der Waals surface area contributed by atoms with Crippen LogP contribution >= 0.6 is 0 Å². The van der Waals surface area contributed by atoms with Crippen molar-refractivity contribution in [3.8, 4) is 0 Å². The van der Waals surface area contributed by atoms with Gasteiger partial charge in [-0.3, -0.25) is 4.90 Å². The summed E-state index contributed by atoms with van der Waals surface area (Å²) < 4.78 is 0. The van der Waals surface area contributed by atoms with Crippen molar-refractivity contribution in [3.63, 3.8) is 0 Å². The highest BCUT2D eigenvalue weighted by Gasteiger charge is 2.24. The lowest BCUT2D eigenvalue weighted by Gasteiger charge is -2.21. The molecule has 0 spiro atoms. The lowest BCUT2D eigenvalue weighted by molar-refractivity contribution is 0.0743. The zero-order chi connectivity index (χ0) is 10.4. The van der Waals surface area contributed by atoms with Gasteiger partial charge in [0.1, 0.15) is 6.61 Å². The van der Waals surface area contributed by atoms with E-state index in [1.807, 2.05) is 13.8 Å². The Morgan fingerprint density at radius 2 is 2.36 bits per heavy atom. The summed E-state index contributed by atoms with van der Waals surface area (Å²) in [7, 11) is 0. The number of likely N-dealkylation sites (tertiary alicyclic amines) is 1. The summed E-state index contributed by atoms with van der Waals surface area (Å²) in [6.07, 6.45) is 2.35. The van der Waals surface area contributed by atoms with E-state index in [9.17, 15) is 0 Å². The molecule has 0 aliphatic carbocycles. The molecule has 0 bridgehead atoms. The van der Waals surface area contributed by atoms with E-state index >= 15 is 0 Å². The number of aliphatic hydroxyl groups is 1. The second kappa shape index (κ2) is 5.98. The summed E-state index contributed by atoms with van der Waals surface area (Å²) >= 11 is 0. The van der Waals surface area contributed by atoms with Crippen molar-refractivity contribution in [2.24, 2.45) is 5.16 Å². The van der Waals surface area contributed by atoms with E-state index in [1.165, 1.54) is 6.42 Å². The molecule has 1 saturated heterocycles. The Bertz CT molecular complexity index is 191. The molecule has 0 aromatic heterocycles. The fourth-order valence-corrected chi connectivity index (χ4v) is 1.76. The second-order valence-electron chi connectivity index (χ2n) is 3.89. The zero-order valence-electron chi connectivity index (χ0n) is 9.07. The van der Waals surface area contributed by atoms with E-state index in [0.29, 0.717) is 12.6 Å². The third-order valence-electron chi connectivity index (χ3n) is 2.40. The van der Waals surface area contributed by atoms with E-state index < -0.39 is 0 Å². The van der Waals surface area contributed by atoms with Crippen LogP contribution in [0, 0.1) is 0 Å². The van der Waals surface area contributed by atoms with Crippen molar-refractivity contribution < 1.29 is 9.94 Å². The van der Waals surface area contributed by atoms with Crippen LogP contribution in [0.25, 0.3) is 0 Å². The molecule has 0 radical (unpaired) electrons. The van der Waals surface area contributed by atoms with Crippen LogP contribution in [0.5, 0.6) is 0 Å². The van der Waals surface area contributed by atoms with Crippen molar-refractivity contribution in [1.29, 1.82) is 0 Å². The van der Waals surface area contributed by atoms with Crippen LogP contribution in [0.2, 0.25) is 0 Å². The molecule has 1 N–H and O–H groups in total. The molecule has 0 saturated carbocycles. The summed E-state index contributed by atoms with van der Waals surface area (Å²) in [6, 6.07) is 0.435. The molecule has 0 aromatic carbocycles. The number of nitrogens with zero attached hydrogens (tertiary/aromatic N) is 2. The summed E-state index contributed by atoms with van der Waals surface area (Å²) in [5, 5.41) is 12.8. The zero-order valence-corrected chi connectivity index (χ0v) is 9.07. The molecule has 4 heteroatoms. The SMILES string of the molecule is CC(C)=NOC[C@@H]1CCCN1CCO. The van der Waals surface area contributed by atoms with Gasteiger partial charge >= 0.3 is 0 Å². The van der Waals surface area contributed by atoms with Gasteiger partial charge in [-0.15, -0.1) is 0 Å². The molecular weight excluding hydrogens is 180 g/mol. The van der Waals surface area contributed by atoms with Gasteiger partial charge in [0.15, 0.2) is 0 Å². The smallest absolute Gasteiger partial charge is 0.132 e. The van der Waals surface area contributed by atoms with E-state index in [0.717, 1.165) is 25.2 Å². The fourth-order valence-electron chi connectivity index (χ4n) is 1.76. The van der Waals surface area contributed by atoms with Crippen LogP contribution in [-0.4, -0.2) is 48.1 Å². The van der Waals surface area contributed by atoms with Crippen molar-refractivity contribution in [3.05, 3.63) is 0 Å². The normalized spacial score (nSPS) is 22.4. The van der Waals surface area contributed by atoms with Crippen LogP contribution in [0.4, 0.5) is 0 Å². The highest BCUT2D eigenvalue weighted by atomic mass is 16.6. The van der Waals surface area contributed by atoms with Crippen molar-refractivity contribution in [1.82, 2.24) is 4.90 Å². The van der Waals surface area contributed by atoms with Gasteiger partial charge in [-0.05, 0) is 33.2 Å². The standard InChI is InChI=1S/C10H20N2O2/c1-9(2)11-14-8-10-4-3-5-12(10)6-7-13/h10,13H,3-8H2,1-2H3/t10-/m0/s1. The molecular formula is C10H20N2O2. The second-order valence-corrected chi connectivity index (χ2v) is 3.89. The first-order valence-corrected chi connectivity index (χ1v) is 5.22. The summed E-state index contributed by atoms with van der Waals surface area (Å²) in [5.41, 5.74) is 0.941. The van der Waals surface area contributed by atoms with Crippen LogP contribution in [0.3, 0.4) is 0 Å². The molecule has 1 aliphatic rings. The Kier molecular flexibility index (Phi) is 4.90. The molecule has 0 amide bonds. The lowest BCUT2D eigenvalue weighted by atomic mass is 10.2. The number of hydrogen-bond donors (Lipinski definition) is 1. The third kappa shape index (κ3) is 3.64. The quantitative estimate of drug-likeness (QED) is 0.529. The Morgan fingerprint density at radius 3 is 3.00 bits per heavy atom. The number of hydrogen-bond acceptors (Lipinski definition) is 4. The topological polar surface area (TPSA) is 45.1 Å². The van der Waals surface area contributed by atoms with Gasteiger partial charge in [0.25, 0.3) is 0 Å². The number of β-amino-alcohol motifs (C(OH)–C–C–N with tert-alkyl or cyclic N) is 1. The van der Waals surface area contributed by atoms with E-state index in [2.05, 4.69) is 10.1 Å². The first kappa shape index (κ1) is 11.5. The third-order valence-corrected chi connectivity index (χ3v) is 2.40. The number of rotatable bonds is 5. The van der Waals surface area contributed by atoms with Crippen molar-refractivity contribution in [2.75, 3.05) is 26.3 Å². The molecule has 82 valence electrons. The van der Waals surface area contributed by atoms with Gasteiger partial charge in [-0.2, -0.15) is 0 Å². The average molecular weight is 200 g/mol. The lowest BCUT2D eigenvalue weighted by Crippen LogP contribution is -2.34. The largest absolute Gasteiger partial charge is 0.395 e. The molecule has 1 aliphatic heterocycles. The number of oxime groups is 1. The van der Waals surface area contributed by atoms with Crippen LogP contribution < -0.4 is 0 Å². The monoisotopic (exact) mass is 200 g/mol. The minimum atomic E-state index is 0.229. The summed E-state index contributed by atoms with van der Waals surface area (Å²) in [6.45, 7) is 6.53. The Balaban J connectivity index is 2.25. The molecule has 0 aromatic rings. The van der Waals surface area contributed by atoms with Gasteiger partial charge in [0.2, 0.25) is 0 Å². The van der Waals surface area contributed by atoms with Crippen molar-refractivity contribution >= 4 is 5.71 Å². The minimum Gasteiger partial charge on any atom is -0.395 e. The summed E-state index contributed by atoms with van der Waals surface area (Å²) in [5.74, 6) is 0. The van der Waals surface area contributed by atoms with Gasteiger partial charge < -0.3 is 9.94 Å². The predicted molar refractivity (Wildman–Crippen MR) is 56.4 cm³/mol. The molecule has 1 fully saturated rings. The molecule has 1 heterocycles. The van der Waals surface area contributed by atoms with Crippen LogP contribution in [0.15, 0.2) is 5.16 Å². The van der Waals surface area contributed by atoms with Crippen LogP contribution in [-0.2, 0) is 4.84 Å². The van der Waals surface area contributed by atoms with Gasteiger partial charge in [-0.1, -0.05) is 5.16 Å². The Labute approximate surface area is 85.5 Å². The van der Waals surface area contributed by atoms with Gasteiger partial charge in [0.05, 0.1) is 12.3 Å². The maximum atomic E-state index is 8.85. The van der Waals surface area contributed by atoms with Gasteiger partial charge in [0, 0.05) is 12.6 Å². The predicted octanol–water partition coefficient (Wildman–Crippen LogP) is 0.855. The molecule has 0 unspecified atom stereocenters. The molecule has 1 atom stereocenters. The van der Waals surface area contributed by atoms with Gasteiger partial charge in [-0.25, -0.2) is 0 Å². The number of aliphatic hydroxyl groups excluding tert-OH is 1. The highest BCUT2D eigenvalue weighted by molar-refractivity contribution is 5.78. The first-order chi connectivity index (χ1) is 6.74. The fraction of sp³-hybridized carbons (Fsp3) is 0.900. The van der Waals surface area contributed by atoms with E-state index in [-0.39, 0.29) is 6.61 Å². The molecule has 1 rings (SSSR count). The summed E-state index contributed by atoms with van der Waals surface area (Å²) in [4.78, 5) is 7.48. The maximum Gasteiger partial charge on any atom is 0.132 e. The van der Waals surface area contributed by atoms with Crippen molar-refractivity contribution in [2.45, 2.75) is 32.7 Å². The molecule has 4 nitrogen and oxygen atoms in total. The van der Waals surface area contributed by atoms with E-state index in [4.69, 9.17) is 9.94 Å².